The minimum Gasteiger partial charge on any atom is -0.452 e. The monoisotopic (exact) mass is 255 g/mol. The first-order chi connectivity index (χ1) is 8.11. The van der Waals surface area contributed by atoms with E-state index in [1.165, 1.54) is 38.4 Å². The number of halogens is 1. The van der Waals surface area contributed by atoms with Crippen molar-refractivity contribution in [2.45, 2.75) is 39.0 Å². The van der Waals surface area contributed by atoms with Gasteiger partial charge in [-0.1, -0.05) is 26.2 Å². The SMILES string of the molecule is CC1(CNC(=O)c2ccoc2Cl)CCCCC1. The Kier molecular flexibility index (Phi) is 3.77. The number of nitrogens with one attached hydrogen (secondary N) is 1. The van der Waals surface area contributed by atoms with Gasteiger partial charge in [-0.25, -0.2) is 0 Å². The predicted molar refractivity (Wildman–Crippen MR) is 67.2 cm³/mol. The van der Waals surface area contributed by atoms with Crippen molar-refractivity contribution in [1.29, 1.82) is 0 Å². The fourth-order valence-corrected chi connectivity index (χ4v) is 2.63. The van der Waals surface area contributed by atoms with Crippen LogP contribution in [-0.4, -0.2) is 12.5 Å². The van der Waals surface area contributed by atoms with Gasteiger partial charge in [-0.15, -0.1) is 0 Å². The van der Waals surface area contributed by atoms with Gasteiger partial charge in [0.15, 0.2) is 0 Å². The Labute approximate surface area is 107 Å². The fraction of sp³-hybridized carbons (Fsp3) is 0.615. The summed E-state index contributed by atoms with van der Waals surface area (Å²) >= 11 is 5.76. The molecule has 1 aliphatic rings. The van der Waals surface area contributed by atoms with Gasteiger partial charge in [0, 0.05) is 6.54 Å². The molecule has 3 nitrogen and oxygen atoms in total. The lowest BCUT2D eigenvalue weighted by molar-refractivity contribution is 0.0919. The minimum absolute atomic E-state index is 0.143. The van der Waals surface area contributed by atoms with Gasteiger partial charge in [0.05, 0.1) is 11.8 Å². The molecule has 0 saturated heterocycles. The zero-order valence-electron chi connectivity index (χ0n) is 10.1. The van der Waals surface area contributed by atoms with E-state index in [4.69, 9.17) is 16.0 Å². The highest BCUT2D eigenvalue weighted by atomic mass is 35.5. The molecule has 1 heterocycles. The van der Waals surface area contributed by atoms with E-state index in [9.17, 15) is 4.79 Å². The third-order valence-corrected chi connectivity index (χ3v) is 3.89. The van der Waals surface area contributed by atoms with E-state index in [1.807, 2.05) is 0 Å². The lowest BCUT2D eigenvalue weighted by Crippen LogP contribution is -2.36. The van der Waals surface area contributed by atoms with Crippen LogP contribution in [0.15, 0.2) is 16.7 Å². The van der Waals surface area contributed by atoms with Crippen LogP contribution in [0.5, 0.6) is 0 Å². The Morgan fingerprint density at radius 1 is 1.47 bits per heavy atom. The van der Waals surface area contributed by atoms with Crippen LogP contribution in [0.1, 0.15) is 49.4 Å². The van der Waals surface area contributed by atoms with Crippen LogP contribution in [0.3, 0.4) is 0 Å². The van der Waals surface area contributed by atoms with E-state index >= 15 is 0 Å². The van der Waals surface area contributed by atoms with E-state index in [2.05, 4.69) is 12.2 Å². The summed E-state index contributed by atoms with van der Waals surface area (Å²) in [5.74, 6) is -0.143. The van der Waals surface area contributed by atoms with Gasteiger partial charge in [-0.2, -0.15) is 0 Å². The molecular weight excluding hydrogens is 238 g/mol. The molecule has 1 aromatic rings. The Bertz CT molecular complexity index is 394. The first-order valence-electron chi connectivity index (χ1n) is 6.12. The normalized spacial score (nSPS) is 18.9. The number of hydrogen-bond donors (Lipinski definition) is 1. The van der Waals surface area contributed by atoms with Crippen LogP contribution in [0.25, 0.3) is 0 Å². The molecule has 1 amide bonds. The van der Waals surface area contributed by atoms with Gasteiger partial charge in [0.25, 0.3) is 5.91 Å². The molecule has 1 fully saturated rings. The molecule has 0 radical (unpaired) electrons. The highest BCUT2D eigenvalue weighted by Crippen LogP contribution is 2.35. The smallest absolute Gasteiger partial charge is 0.256 e. The molecule has 0 unspecified atom stereocenters. The molecule has 0 aromatic carbocycles. The standard InChI is InChI=1S/C13H18ClNO2/c1-13(6-3-2-4-7-13)9-15-12(16)10-5-8-17-11(10)14/h5,8H,2-4,6-7,9H2,1H3,(H,15,16). The Balaban J connectivity index is 1.90. The lowest BCUT2D eigenvalue weighted by atomic mass is 9.76. The van der Waals surface area contributed by atoms with Crippen molar-refractivity contribution in [2.24, 2.45) is 5.41 Å². The van der Waals surface area contributed by atoms with Crippen LogP contribution in [-0.2, 0) is 0 Å². The van der Waals surface area contributed by atoms with Crippen LogP contribution < -0.4 is 5.32 Å². The third kappa shape index (κ3) is 3.03. The summed E-state index contributed by atoms with van der Waals surface area (Å²) in [7, 11) is 0. The highest BCUT2D eigenvalue weighted by Gasteiger charge is 2.27. The molecule has 1 saturated carbocycles. The molecule has 17 heavy (non-hydrogen) atoms. The molecular formula is C13H18ClNO2. The maximum Gasteiger partial charge on any atom is 0.256 e. The third-order valence-electron chi connectivity index (χ3n) is 3.60. The maximum atomic E-state index is 11.9. The molecule has 0 aliphatic heterocycles. The summed E-state index contributed by atoms with van der Waals surface area (Å²) in [4.78, 5) is 11.9. The molecule has 0 bridgehead atoms. The van der Waals surface area contributed by atoms with Crippen molar-refractivity contribution in [3.63, 3.8) is 0 Å². The molecule has 0 atom stereocenters. The van der Waals surface area contributed by atoms with E-state index in [1.54, 1.807) is 6.07 Å². The van der Waals surface area contributed by atoms with Crippen molar-refractivity contribution < 1.29 is 9.21 Å². The second kappa shape index (κ2) is 5.13. The summed E-state index contributed by atoms with van der Waals surface area (Å²) in [6.45, 7) is 2.96. The van der Waals surface area contributed by atoms with Gasteiger partial charge < -0.3 is 9.73 Å². The fourth-order valence-electron chi connectivity index (χ4n) is 2.43. The quantitative estimate of drug-likeness (QED) is 0.896. The average molecular weight is 256 g/mol. The largest absolute Gasteiger partial charge is 0.452 e. The number of carbonyl (C=O) groups is 1. The number of rotatable bonds is 3. The van der Waals surface area contributed by atoms with Crippen LogP contribution in [0, 0.1) is 5.41 Å². The van der Waals surface area contributed by atoms with E-state index in [0.717, 1.165) is 0 Å². The molecule has 1 N–H and O–H groups in total. The Morgan fingerprint density at radius 3 is 2.76 bits per heavy atom. The Hall–Kier alpha value is -0.960. The van der Waals surface area contributed by atoms with Crippen molar-refractivity contribution >= 4 is 17.5 Å². The molecule has 1 aromatic heterocycles. The molecule has 2 rings (SSSR count). The first kappa shape index (κ1) is 12.5. The summed E-state index contributed by atoms with van der Waals surface area (Å²) in [5.41, 5.74) is 0.662. The molecule has 1 aliphatic carbocycles. The Morgan fingerprint density at radius 2 is 2.18 bits per heavy atom. The number of carbonyl (C=O) groups excluding carboxylic acids is 1. The van der Waals surface area contributed by atoms with Crippen LogP contribution in [0.4, 0.5) is 0 Å². The zero-order chi connectivity index (χ0) is 12.3. The van der Waals surface area contributed by atoms with Crippen molar-refractivity contribution in [3.8, 4) is 0 Å². The van der Waals surface area contributed by atoms with Gasteiger partial charge in [-0.3, -0.25) is 4.79 Å². The summed E-state index contributed by atoms with van der Waals surface area (Å²) in [5, 5.41) is 3.12. The van der Waals surface area contributed by atoms with Crippen LogP contribution in [0.2, 0.25) is 5.22 Å². The van der Waals surface area contributed by atoms with Crippen molar-refractivity contribution in [1.82, 2.24) is 5.32 Å². The zero-order valence-corrected chi connectivity index (χ0v) is 10.8. The topological polar surface area (TPSA) is 42.2 Å². The van der Waals surface area contributed by atoms with Crippen molar-refractivity contribution in [3.05, 3.63) is 23.1 Å². The van der Waals surface area contributed by atoms with E-state index in [0.29, 0.717) is 12.1 Å². The first-order valence-corrected chi connectivity index (χ1v) is 6.50. The maximum absolute atomic E-state index is 11.9. The predicted octanol–water partition coefficient (Wildman–Crippen LogP) is 3.63. The number of amides is 1. The van der Waals surface area contributed by atoms with Gasteiger partial charge in [0.2, 0.25) is 5.22 Å². The summed E-state index contributed by atoms with van der Waals surface area (Å²) in [6, 6.07) is 1.60. The average Bonchev–Trinajstić information content (AvgIpc) is 2.74. The van der Waals surface area contributed by atoms with Gasteiger partial charge >= 0.3 is 0 Å². The lowest BCUT2D eigenvalue weighted by Gasteiger charge is -2.33. The summed E-state index contributed by atoms with van der Waals surface area (Å²) in [6.07, 6.45) is 7.65. The van der Waals surface area contributed by atoms with E-state index < -0.39 is 0 Å². The summed E-state index contributed by atoms with van der Waals surface area (Å²) < 4.78 is 4.91. The van der Waals surface area contributed by atoms with Crippen molar-refractivity contribution in [2.75, 3.05) is 6.54 Å². The minimum atomic E-state index is -0.143. The van der Waals surface area contributed by atoms with Gasteiger partial charge in [0.1, 0.15) is 0 Å². The van der Waals surface area contributed by atoms with Crippen LogP contribution >= 0.6 is 11.6 Å². The van der Waals surface area contributed by atoms with Gasteiger partial charge in [-0.05, 0) is 35.9 Å². The number of hydrogen-bond acceptors (Lipinski definition) is 2. The molecule has 94 valence electrons. The number of furan rings is 1. The second-order valence-corrected chi connectivity index (χ2v) is 5.51. The van der Waals surface area contributed by atoms with E-state index in [-0.39, 0.29) is 16.5 Å². The molecule has 0 spiro atoms. The highest BCUT2D eigenvalue weighted by molar-refractivity contribution is 6.32. The molecule has 4 heteroatoms. The second-order valence-electron chi connectivity index (χ2n) is 5.16.